The first-order chi connectivity index (χ1) is 12.1. The Hall–Kier alpha value is -2.83. The molecular weight excluding hydrogens is 320 g/mol. The molecule has 0 amide bonds. The molecule has 0 radical (unpaired) electrons. The summed E-state index contributed by atoms with van der Waals surface area (Å²) in [6.07, 6.45) is 2.85. The molecule has 0 saturated carbocycles. The molecule has 0 spiro atoms. The van der Waals surface area contributed by atoms with Gasteiger partial charge in [-0.3, -0.25) is 4.79 Å². The summed E-state index contributed by atoms with van der Waals surface area (Å²) in [6, 6.07) is 5.21. The Balaban J connectivity index is 1.94. The predicted octanol–water partition coefficient (Wildman–Crippen LogP) is 2.56. The van der Waals surface area contributed by atoms with E-state index in [2.05, 4.69) is 22.3 Å². The van der Waals surface area contributed by atoms with E-state index in [4.69, 9.17) is 9.47 Å². The first-order valence-corrected chi connectivity index (χ1v) is 8.27. The molecule has 1 aliphatic carbocycles. The maximum Gasteiger partial charge on any atom is 0.226 e. The van der Waals surface area contributed by atoms with Crippen LogP contribution in [-0.4, -0.2) is 34.8 Å². The number of ketones is 1. The van der Waals surface area contributed by atoms with E-state index in [0.29, 0.717) is 29.8 Å². The lowest BCUT2D eigenvalue weighted by Crippen LogP contribution is -2.33. The van der Waals surface area contributed by atoms with Crippen molar-refractivity contribution in [1.29, 1.82) is 0 Å². The van der Waals surface area contributed by atoms with Crippen molar-refractivity contribution < 1.29 is 14.3 Å². The molecule has 1 aromatic heterocycles. The summed E-state index contributed by atoms with van der Waals surface area (Å²) in [4.78, 5) is 17.2. The molecule has 0 saturated heterocycles. The second kappa shape index (κ2) is 5.91. The van der Waals surface area contributed by atoms with Crippen LogP contribution in [0.2, 0.25) is 0 Å². The SMILES string of the molecule is COc1ccc(OC)c(C2C3=C(CC(C)CC3=O)Nc3ncnn32)c1. The van der Waals surface area contributed by atoms with E-state index < -0.39 is 0 Å². The number of Topliss-reactive ketones (excluding diaryl/α,β-unsaturated/α-hetero) is 1. The maximum atomic E-state index is 12.9. The third-order valence-corrected chi connectivity index (χ3v) is 4.80. The Bertz CT molecular complexity index is 871. The van der Waals surface area contributed by atoms with E-state index in [0.717, 1.165) is 23.3 Å². The van der Waals surface area contributed by atoms with Gasteiger partial charge in [0.2, 0.25) is 5.95 Å². The van der Waals surface area contributed by atoms with Gasteiger partial charge < -0.3 is 14.8 Å². The van der Waals surface area contributed by atoms with E-state index >= 15 is 0 Å². The molecule has 2 atom stereocenters. The zero-order valence-corrected chi connectivity index (χ0v) is 14.4. The van der Waals surface area contributed by atoms with Gasteiger partial charge in [0.25, 0.3) is 0 Å². The number of methoxy groups -OCH3 is 2. The number of hydrogen-bond donors (Lipinski definition) is 1. The van der Waals surface area contributed by atoms with E-state index in [1.807, 2.05) is 18.2 Å². The molecule has 0 fully saturated rings. The highest BCUT2D eigenvalue weighted by Crippen LogP contribution is 2.44. The quantitative estimate of drug-likeness (QED) is 0.925. The number of anilines is 1. The average Bonchev–Trinajstić information content (AvgIpc) is 3.07. The standard InChI is InChI=1S/C18H20N4O3/c1-10-6-13-16(14(23)7-10)17(22-18(21-13)19-9-20-22)12-8-11(24-2)4-5-15(12)25-3/h4-5,8-10,17H,6-7H2,1-3H3,(H,19,20,21). The van der Waals surface area contributed by atoms with Gasteiger partial charge in [-0.05, 0) is 30.5 Å². The third-order valence-electron chi connectivity index (χ3n) is 4.80. The molecular formula is C18H20N4O3. The Labute approximate surface area is 145 Å². The van der Waals surface area contributed by atoms with Crippen LogP contribution in [0.15, 0.2) is 35.8 Å². The summed E-state index contributed by atoms with van der Waals surface area (Å²) in [6.45, 7) is 2.09. The van der Waals surface area contributed by atoms with Crippen molar-refractivity contribution in [2.75, 3.05) is 19.5 Å². The van der Waals surface area contributed by atoms with Gasteiger partial charge >= 0.3 is 0 Å². The lowest BCUT2D eigenvalue weighted by molar-refractivity contribution is -0.117. The molecule has 2 unspecified atom stereocenters. The topological polar surface area (TPSA) is 78.3 Å². The van der Waals surface area contributed by atoms with Crippen molar-refractivity contribution in [3.63, 3.8) is 0 Å². The highest BCUT2D eigenvalue weighted by molar-refractivity contribution is 5.99. The van der Waals surface area contributed by atoms with Gasteiger partial charge in [0.05, 0.1) is 14.2 Å². The number of nitrogens with one attached hydrogen (secondary N) is 1. The normalized spacial score (nSPS) is 22.1. The van der Waals surface area contributed by atoms with Crippen molar-refractivity contribution in [1.82, 2.24) is 14.8 Å². The second-order valence-corrected chi connectivity index (χ2v) is 6.49. The predicted molar refractivity (Wildman–Crippen MR) is 91.8 cm³/mol. The second-order valence-electron chi connectivity index (χ2n) is 6.49. The summed E-state index contributed by atoms with van der Waals surface area (Å²) >= 11 is 0. The largest absolute Gasteiger partial charge is 0.497 e. The molecule has 2 aromatic rings. The first-order valence-electron chi connectivity index (χ1n) is 8.27. The van der Waals surface area contributed by atoms with E-state index in [1.54, 1.807) is 18.9 Å². The molecule has 7 nitrogen and oxygen atoms in total. The van der Waals surface area contributed by atoms with Crippen molar-refractivity contribution in [3.05, 3.63) is 41.4 Å². The van der Waals surface area contributed by atoms with Gasteiger partial charge in [-0.1, -0.05) is 6.92 Å². The maximum absolute atomic E-state index is 12.9. The average molecular weight is 340 g/mol. The Morgan fingerprint density at radius 3 is 2.84 bits per heavy atom. The van der Waals surface area contributed by atoms with Gasteiger partial charge in [-0.2, -0.15) is 10.1 Å². The van der Waals surface area contributed by atoms with Crippen LogP contribution in [0.25, 0.3) is 0 Å². The number of ether oxygens (including phenoxy) is 2. The number of fused-ring (bicyclic) bond motifs is 1. The molecule has 1 N–H and O–H groups in total. The fraction of sp³-hybridized carbons (Fsp3) is 0.389. The lowest BCUT2D eigenvalue weighted by Gasteiger charge is -2.34. The molecule has 130 valence electrons. The number of carbonyl (C=O) groups is 1. The van der Waals surface area contributed by atoms with E-state index in [1.165, 1.54) is 6.33 Å². The Kier molecular flexibility index (Phi) is 3.71. The number of hydrogen-bond acceptors (Lipinski definition) is 6. The van der Waals surface area contributed by atoms with Crippen molar-refractivity contribution in [2.24, 2.45) is 5.92 Å². The third kappa shape index (κ3) is 2.47. The fourth-order valence-electron chi connectivity index (χ4n) is 3.69. The Morgan fingerprint density at radius 1 is 1.24 bits per heavy atom. The molecule has 2 heterocycles. The highest BCUT2D eigenvalue weighted by Gasteiger charge is 2.39. The van der Waals surface area contributed by atoms with Crippen LogP contribution in [0.3, 0.4) is 0 Å². The van der Waals surface area contributed by atoms with Crippen LogP contribution in [0, 0.1) is 5.92 Å². The summed E-state index contributed by atoms with van der Waals surface area (Å²) in [5.41, 5.74) is 2.51. The summed E-state index contributed by atoms with van der Waals surface area (Å²) in [7, 11) is 3.24. The van der Waals surface area contributed by atoms with E-state index in [-0.39, 0.29) is 11.8 Å². The van der Waals surface area contributed by atoms with Gasteiger partial charge in [0.15, 0.2) is 5.78 Å². The minimum Gasteiger partial charge on any atom is -0.497 e. The number of rotatable bonds is 3. The van der Waals surface area contributed by atoms with Crippen LogP contribution in [0.4, 0.5) is 5.95 Å². The van der Waals surface area contributed by atoms with Crippen molar-refractivity contribution >= 4 is 11.7 Å². The molecule has 0 bridgehead atoms. The minimum absolute atomic E-state index is 0.136. The van der Waals surface area contributed by atoms with Crippen molar-refractivity contribution in [3.8, 4) is 11.5 Å². The van der Waals surface area contributed by atoms with Crippen LogP contribution in [0.5, 0.6) is 11.5 Å². The number of benzene rings is 1. The number of aromatic nitrogens is 3. The number of allylic oxidation sites excluding steroid dienone is 2. The first kappa shape index (κ1) is 15.7. The number of carbonyl (C=O) groups excluding carboxylic acids is 1. The van der Waals surface area contributed by atoms with Crippen LogP contribution < -0.4 is 14.8 Å². The summed E-state index contributed by atoms with van der Waals surface area (Å²) in [5.74, 6) is 2.47. The molecule has 25 heavy (non-hydrogen) atoms. The molecule has 2 aliphatic rings. The van der Waals surface area contributed by atoms with Crippen LogP contribution in [-0.2, 0) is 4.79 Å². The molecule has 4 rings (SSSR count). The molecule has 7 heteroatoms. The smallest absolute Gasteiger partial charge is 0.226 e. The zero-order valence-electron chi connectivity index (χ0n) is 14.4. The lowest BCUT2D eigenvalue weighted by atomic mass is 9.81. The van der Waals surface area contributed by atoms with Gasteiger partial charge in [0.1, 0.15) is 23.9 Å². The fourth-order valence-corrected chi connectivity index (χ4v) is 3.69. The zero-order chi connectivity index (χ0) is 17.6. The highest BCUT2D eigenvalue weighted by atomic mass is 16.5. The van der Waals surface area contributed by atoms with Crippen molar-refractivity contribution in [2.45, 2.75) is 25.8 Å². The monoisotopic (exact) mass is 340 g/mol. The number of nitrogens with zero attached hydrogens (tertiary/aromatic N) is 3. The van der Waals surface area contributed by atoms with Crippen LogP contribution >= 0.6 is 0 Å². The Morgan fingerprint density at radius 2 is 2.08 bits per heavy atom. The van der Waals surface area contributed by atoms with Crippen LogP contribution in [0.1, 0.15) is 31.4 Å². The summed E-state index contributed by atoms with van der Waals surface area (Å²) in [5, 5.41) is 7.63. The van der Waals surface area contributed by atoms with Gasteiger partial charge in [-0.25, -0.2) is 4.68 Å². The van der Waals surface area contributed by atoms with Gasteiger partial charge in [-0.15, -0.1) is 0 Å². The van der Waals surface area contributed by atoms with Gasteiger partial charge in [0, 0.05) is 23.3 Å². The molecule has 1 aliphatic heterocycles. The summed E-state index contributed by atoms with van der Waals surface area (Å²) < 4.78 is 12.7. The van der Waals surface area contributed by atoms with E-state index in [9.17, 15) is 4.79 Å². The minimum atomic E-state index is -0.376. The molecule has 1 aromatic carbocycles.